The van der Waals surface area contributed by atoms with Crippen LogP contribution in [0.25, 0.3) is 0 Å². The molecule has 0 spiro atoms. The molecular weight excluding hydrogens is 376 g/mol. The number of para-hydroxylation sites is 1. The number of carbonyl (C=O) groups is 2. The van der Waals surface area contributed by atoms with Crippen molar-refractivity contribution in [1.29, 1.82) is 0 Å². The molecule has 8 heteroatoms. The van der Waals surface area contributed by atoms with Gasteiger partial charge in [0.15, 0.2) is 5.82 Å². The number of carbonyl (C=O) groups excluding carboxylic acids is 2. The minimum absolute atomic E-state index is 0.115. The van der Waals surface area contributed by atoms with Crippen molar-refractivity contribution in [3.05, 3.63) is 41.7 Å². The second kappa shape index (κ2) is 9.75. The summed E-state index contributed by atoms with van der Waals surface area (Å²) in [6.45, 7) is 6.58. The SMILES string of the molecule is Cc1cc(NC(=O)C(C)SCC(=O)Nc2ccccc2CN2CCCC2)no1. The normalized spacial score (nSPS) is 15.4. The summed E-state index contributed by atoms with van der Waals surface area (Å²) in [7, 11) is 0. The third-order valence-corrected chi connectivity index (χ3v) is 5.74. The molecule has 1 aliphatic rings. The molecule has 2 aromatic rings. The number of aromatic nitrogens is 1. The smallest absolute Gasteiger partial charge is 0.238 e. The molecule has 0 saturated carbocycles. The molecule has 3 rings (SSSR count). The van der Waals surface area contributed by atoms with Crippen molar-refractivity contribution < 1.29 is 14.1 Å². The van der Waals surface area contributed by atoms with Crippen LogP contribution >= 0.6 is 11.8 Å². The number of nitrogens with zero attached hydrogens (tertiary/aromatic N) is 2. The van der Waals surface area contributed by atoms with Crippen molar-refractivity contribution in [1.82, 2.24) is 10.1 Å². The van der Waals surface area contributed by atoms with Gasteiger partial charge in [0.25, 0.3) is 0 Å². The number of benzene rings is 1. The summed E-state index contributed by atoms with van der Waals surface area (Å²) in [4.78, 5) is 27.0. The van der Waals surface area contributed by atoms with E-state index < -0.39 is 0 Å². The van der Waals surface area contributed by atoms with E-state index in [1.54, 1.807) is 19.9 Å². The zero-order valence-electron chi connectivity index (χ0n) is 16.2. The van der Waals surface area contributed by atoms with Crippen LogP contribution in [0.3, 0.4) is 0 Å². The zero-order chi connectivity index (χ0) is 19.9. The van der Waals surface area contributed by atoms with Crippen molar-refractivity contribution in [3.63, 3.8) is 0 Å². The molecule has 1 fully saturated rings. The Balaban J connectivity index is 1.48. The van der Waals surface area contributed by atoms with Gasteiger partial charge in [0.2, 0.25) is 11.8 Å². The maximum absolute atomic E-state index is 12.4. The summed E-state index contributed by atoms with van der Waals surface area (Å²) >= 11 is 1.28. The molecule has 2 heterocycles. The number of nitrogens with one attached hydrogen (secondary N) is 2. The van der Waals surface area contributed by atoms with Gasteiger partial charge in [0.1, 0.15) is 5.76 Å². The van der Waals surface area contributed by atoms with Crippen LogP contribution < -0.4 is 10.6 Å². The highest BCUT2D eigenvalue weighted by Crippen LogP contribution is 2.21. The van der Waals surface area contributed by atoms with E-state index in [1.165, 1.54) is 24.6 Å². The summed E-state index contributed by atoms with van der Waals surface area (Å²) in [5.74, 6) is 0.888. The number of thioether (sulfide) groups is 1. The second-order valence-electron chi connectivity index (χ2n) is 6.95. The third-order valence-electron chi connectivity index (χ3n) is 4.60. The van der Waals surface area contributed by atoms with Crippen LogP contribution in [0.2, 0.25) is 0 Å². The lowest BCUT2D eigenvalue weighted by Crippen LogP contribution is -2.25. The molecular formula is C20H26N4O3S. The second-order valence-corrected chi connectivity index (χ2v) is 8.28. The summed E-state index contributed by atoms with van der Waals surface area (Å²) in [6.07, 6.45) is 2.47. The summed E-state index contributed by atoms with van der Waals surface area (Å²) in [5.41, 5.74) is 1.96. The van der Waals surface area contributed by atoms with Crippen LogP contribution in [0.15, 0.2) is 34.9 Å². The number of hydrogen-bond acceptors (Lipinski definition) is 6. The molecule has 2 amide bonds. The molecule has 1 aromatic carbocycles. The van der Waals surface area contributed by atoms with E-state index in [9.17, 15) is 9.59 Å². The van der Waals surface area contributed by atoms with Gasteiger partial charge in [-0.3, -0.25) is 14.5 Å². The van der Waals surface area contributed by atoms with Crippen molar-refractivity contribution in [2.45, 2.75) is 38.5 Å². The molecule has 150 valence electrons. The molecule has 1 atom stereocenters. The number of hydrogen-bond donors (Lipinski definition) is 2. The Morgan fingerprint density at radius 1 is 1.25 bits per heavy atom. The molecule has 0 aliphatic carbocycles. The molecule has 0 bridgehead atoms. The van der Waals surface area contributed by atoms with E-state index in [1.807, 2.05) is 18.2 Å². The van der Waals surface area contributed by atoms with Crippen molar-refractivity contribution in [2.75, 3.05) is 29.5 Å². The molecule has 1 aromatic heterocycles. The van der Waals surface area contributed by atoms with Gasteiger partial charge in [0.05, 0.1) is 11.0 Å². The van der Waals surface area contributed by atoms with E-state index in [2.05, 4.69) is 26.8 Å². The summed E-state index contributed by atoms with van der Waals surface area (Å²) < 4.78 is 4.93. The first kappa shape index (κ1) is 20.4. The van der Waals surface area contributed by atoms with Crippen LogP contribution in [-0.4, -0.2) is 46.0 Å². The van der Waals surface area contributed by atoms with Gasteiger partial charge < -0.3 is 15.2 Å². The minimum Gasteiger partial charge on any atom is -0.360 e. The van der Waals surface area contributed by atoms with Crippen molar-refractivity contribution in [3.8, 4) is 0 Å². The quantitative estimate of drug-likeness (QED) is 0.705. The Bertz CT molecular complexity index is 817. The van der Waals surface area contributed by atoms with Gasteiger partial charge in [-0.15, -0.1) is 11.8 Å². The number of likely N-dealkylation sites (tertiary alicyclic amines) is 1. The first-order valence-electron chi connectivity index (χ1n) is 9.47. The third kappa shape index (κ3) is 5.84. The number of rotatable bonds is 8. The Labute approximate surface area is 169 Å². The van der Waals surface area contributed by atoms with Crippen LogP contribution in [0.4, 0.5) is 11.5 Å². The van der Waals surface area contributed by atoms with Gasteiger partial charge in [0, 0.05) is 18.3 Å². The monoisotopic (exact) mass is 402 g/mol. The number of aryl methyl sites for hydroxylation is 1. The van der Waals surface area contributed by atoms with E-state index in [-0.39, 0.29) is 22.8 Å². The average molecular weight is 403 g/mol. The highest BCUT2D eigenvalue weighted by Gasteiger charge is 2.18. The Hall–Kier alpha value is -2.32. The highest BCUT2D eigenvalue weighted by atomic mass is 32.2. The predicted molar refractivity (Wildman–Crippen MR) is 111 cm³/mol. The van der Waals surface area contributed by atoms with E-state index in [0.29, 0.717) is 11.6 Å². The fraction of sp³-hybridized carbons (Fsp3) is 0.450. The number of anilines is 2. The Kier molecular flexibility index (Phi) is 7.11. The van der Waals surface area contributed by atoms with Crippen LogP contribution in [0, 0.1) is 6.92 Å². The van der Waals surface area contributed by atoms with Gasteiger partial charge in [-0.2, -0.15) is 0 Å². The van der Waals surface area contributed by atoms with Crippen LogP contribution in [-0.2, 0) is 16.1 Å². The molecule has 28 heavy (non-hydrogen) atoms. The van der Waals surface area contributed by atoms with Crippen molar-refractivity contribution in [2.24, 2.45) is 0 Å². The molecule has 2 N–H and O–H groups in total. The maximum atomic E-state index is 12.4. The standard InChI is InChI=1S/C20H26N4O3S/c1-14-11-18(23-27-14)22-20(26)15(2)28-13-19(25)21-17-8-4-3-7-16(17)12-24-9-5-6-10-24/h3-4,7-8,11,15H,5-6,9-10,12-13H2,1-2H3,(H,21,25)(H,22,23,26). The van der Waals surface area contributed by atoms with Crippen LogP contribution in [0.1, 0.15) is 31.1 Å². The lowest BCUT2D eigenvalue weighted by Gasteiger charge is -2.18. The first-order chi connectivity index (χ1) is 13.5. The summed E-state index contributed by atoms with van der Waals surface area (Å²) in [5, 5.41) is 9.02. The molecule has 1 aliphatic heterocycles. The zero-order valence-corrected chi connectivity index (χ0v) is 17.1. The summed E-state index contributed by atoms with van der Waals surface area (Å²) in [6, 6.07) is 9.55. The Morgan fingerprint density at radius 2 is 2.00 bits per heavy atom. The van der Waals surface area contributed by atoms with Gasteiger partial charge in [-0.05, 0) is 51.4 Å². The molecule has 7 nitrogen and oxygen atoms in total. The predicted octanol–water partition coefficient (Wildman–Crippen LogP) is 3.28. The Morgan fingerprint density at radius 3 is 2.71 bits per heavy atom. The van der Waals surface area contributed by atoms with Crippen molar-refractivity contribution >= 4 is 35.1 Å². The largest absolute Gasteiger partial charge is 0.360 e. The van der Waals surface area contributed by atoms with Crippen LogP contribution in [0.5, 0.6) is 0 Å². The topological polar surface area (TPSA) is 87.5 Å². The molecule has 1 unspecified atom stereocenters. The highest BCUT2D eigenvalue weighted by molar-refractivity contribution is 8.01. The van der Waals surface area contributed by atoms with Gasteiger partial charge in [-0.1, -0.05) is 23.4 Å². The van der Waals surface area contributed by atoms with E-state index >= 15 is 0 Å². The number of amides is 2. The van der Waals surface area contributed by atoms with E-state index in [0.717, 1.165) is 30.9 Å². The molecule has 1 saturated heterocycles. The average Bonchev–Trinajstić information content (AvgIpc) is 3.33. The lowest BCUT2D eigenvalue weighted by atomic mass is 10.1. The maximum Gasteiger partial charge on any atom is 0.238 e. The minimum atomic E-state index is -0.386. The molecule has 0 radical (unpaired) electrons. The fourth-order valence-electron chi connectivity index (χ4n) is 3.08. The first-order valence-corrected chi connectivity index (χ1v) is 10.5. The lowest BCUT2D eigenvalue weighted by molar-refractivity contribution is -0.115. The fourth-order valence-corrected chi connectivity index (χ4v) is 3.76. The van der Waals surface area contributed by atoms with Gasteiger partial charge >= 0.3 is 0 Å². The van der Waals surface area contributed by atoms with E-state index in [4.69, 9.17) is 4.52 Å². The van der Waals surface area contributed by atoms with Gasteiger partial charge in [-0.25, -0.2) is 0 Å².